The van der Waals surface area contributed by atoms with Crippen LogP contribution in [-0.4, -0.2) is 23.9 Å². The molecule has 0 saturated heterocycles. The number of allylic oxidation sites excluding steroid dienone is 2. The van der Waals surface area contributed by atoms with Crippen LogP contribution in [0.4, 0.5) is 11.4 Å². The van der Waals surface area contributed by atoms with Gasteiger partial charge in [-0.3, -0.25) is 0 Å². The molecule has 1 heterocycles. The zero-order chi connectivity index (χ0) is 23.8. The predicted molar refractivity (Wildman–Crippen MR) is 141 cm³/mol. The Hall–Kier alpha value is -2.52. The molecule has 1 N–H and O–H groups in total. The fraction of sp³-hybridized carbons (Fsp3) is 0.467. The second kappa shape index (κ2) is 11.6. The van der Waals surface area contributed by atoms with E-state index in [2.05, 4.69) is 99.4 Å². The predicted octanol–water partition coefficient (Wildman–Crippen LogP) is 7.50. The summed E-state index contributed by atoms with van der Waals surface area (Å²) in [5.74, 6) is 0.986. The lowest BCUT2D eigenvalue weighted by Crippen LogP contribution is -2.46. The highest BCUT2D eigenvalue weighted by atomic mass is 16.5. The van der Waals surface area contributed by atoms with E-state index in [1.165, 1.54) is 29.7 Å². The number of aliphatic hydroxyl groups is 1. The molecule has 3 nitrogen and oxygen atoms in total. The minimum atomic E-state index is 0.0345. The quantitative estimate of drug-likeness (QED) is 0.477. The third kappa shape index (κ3) is 5.89. The van der Waals surface area contributed by atoms with Gasteiger partial charge in [-0.1, -0.05) is 77.5 Å². The molecule has 2 aliphatic rings. The Balaban J connectivity index is 0.000000709. The van der Waals surface area contributed by atoms with E-state index in [0.29, 0.717) is 6.61 Å². The van der Waals surface area contributed by atoms with Gasteiger partial charge in [-0.25, -0.2) is 0 Å². The van der Waals surface area contributed by atoms with Gasteiger partial charge in [0.25, 0.3) is 0 Å². The molecule has 0 bridgehead atoms. The number of ether oxygens (including phenoxy) is 1. The van der Waals surface area contributed by atoms with Gasteiger partial charge in [-0.05, 0) is 72.6 Å². The van der Waals surface area contributed by atoms with Crippen LogP contribution in [0.25, 0.3) is 0 Å². The normalized spacial score (nSPS) is 18.7. The zero-order valence-electron chi connectivity index (χ0n) is 21.1. The first-order valence-electron chi connectivity index (χ1n) is 12.6. The highest BCUT2D eigenvalue weighted by Crippen LogP contribution is 2.44. The van der Waals surface area contributed by atoms with Crippen LogP contribution in [0.3, 0.4) is 0 Å². The van der Waals surface area contributed by atoms with E-state index in [4.69, 9.17) is 9.84 Å². The molecule has 0 amide bonds. The monoisotopic (exact) mass is 447 g/mol. The number of rotatable bonds is 7. The summed E-state index contributed by atoms with van der Waals surface area (Å²) in [6, 6.07) is 16.1. The first-order chi connectivity index (χ1) is 15.9. The number of benzene rings is 2. The van der Waals surface area contributed by atoms with E-state index in [0.717, 1.165) is 30.7 Å². The maximum Gasteiger partial charge on any atom is 0.144 e. The molecule has 2 aromatic rings. The molecule has 178 valence electrons. The van der Waals surface area contributed by atoms with Crippen molar-refractivity contribution in [2.75, 3.05) is 11.5 Å². The summed E-state index contributed by atoms with van der Waals surface area (Å²) >= 11 is 0. The van der Waals surface area contributed by atoms with Crippen molar-refractivity contribution >= 4 is 11.4 Å². The Morgan fingerprint density at radius 3 is 2.27 bits per heavy atom. The number of hydrogen-bond acceptors (Lipinski definition) is 3. The average molecular weight is 448 g/mol. The Bertz CT molecular complexity index is 940. The molecule has 2 aromatic carbocycles. The second-order valence-corrected chi connectivity index (χ2v) is 9.63. The Kier molecular flexibility index (Phi) is 8.80. The lowest BCUT2D eigenvalue weighted by atomic mass is 9.82. The molecule has 1 aliphatic heterocycles. The first-order valence-corrected chi connectivity index (χ1v) is 12.6. The van der Waals surface area contributed by atoms with E-state index in [-0.39, 0.29) is 17.6 Å². The van der Waals surface area contributed by atoms with Crippen LogP contribution < -0.4 is 9.64 Å². The summed E-state index contributed by atoms with van der Waals surface area (Å²) in [7, 11) is 0. The lowest BCUT2D eigenvalue weighted by Gasteiger charge is -2.42. The van der Waals surface area contributed by atoms with E-state index in [1.54, 1.807) is 0 Å². The van der Waals surface area contributed by atoms with Crippen molar-refractivity contribution in [2.45, 2.75) is 84.3 Å². The van der Waals surface area contributed by atoms with E-state index >= 15 is 0 Å². The molecule has 0 saturated carbocycles. The standard InChI is InChI=1S/C27H33NO.C3H8O/c1-5-7-10-20-13-16-22(17-14-20)28-23-11-8-9-12-25(23)29-26-19-21(15-18-24(26)28)27(3,4)6-2;1-2-3-4/h8-9,11-19,23,25H,5-7,10H2,1-4H3;4H,2-3H2,1H3. The van der Waals surface area contributed by atoms with Gasteiger partial charge < -0.3 is 14.7 Å². The van der Waals surface area contributed by atoms with Gasteiger partial charge in [-0.15, -0.1) is 0 Å². The summed E-state index contributed by atoms with van der Waals surface area (Å²) in [5.41, 5.74) is 5.28. The lowest BCUT2D eigenvalue weighted by molar-refractivity contribution is 0.217. The van der Waals surface area contributed by atoms with Crippen LogP contribution >= 0.6 is 0 Å². The van der Waals surface area contributed by atoms with Crippen LogP contribution in [0.5, 0.6) is 5.75 Å². The Labute approximate surface area is 200 Å². The fourth-order valence-corrected chi connectivity index (χ4v) is 4.17. The van der Waals surface area contributed by atoms with E-state index in [9.17, 15) is 0 Å². The van der Waals surface area contributed by atoms with Crippen LogP contribution in [0.1, 0.15) is 71.4 Å². The van der Waals surface area contributed by atoms with E-state index in [1.807, 2.05) is 6.92 Å². The van der Waals surface area contributed by atoms with Crippen molar-refractivity contribution in [1.29, 1.82) is 0 Å². The summed E-state index contributed by atoms with van der Waals surface area (Å²) < 4.78 is 6.47. The molecule has 3 heteroatoms. The van der Waals surface area contributed by atoms with Gasteiger partial charge in [-0.2, -0.15) is 0 Å². The smallest absolute Gasteiger partial charge is 0.144 e. The average Bonchev–Trinajstić information content (AvgIpc) is 2.86. The van der Waals surface area contributed by atoms with Gasteiger partial charge in [0, 0.05) is 12.3 Å². The number of fused-ring (bicyclic) bond motifs is 2. The Morgan fingerprint density at radius 1 is 0.939 bits per heavy atom. The fourth-order valence-electron chi connectivity index (χ4n) is 4.17. The number of nitrogens with zero attached hydrogens (tertiary/aromatic N) is 1. The van der Waals surface area contributed by atoms with Gasteiger partial charge >= 0.3 is 0 Å². The maximum atomic E-state index is 7.88. The van der Waals surface area contributed by atoms with Crippen molar-refractivity contribution in [3.05, 3.63) is 77.9 Å². The SMILES string of the molecule is CCCCc1ccc(N2c3ccc(C(C)(C)CC)cc3OC3C=CC=CC32)cc1.CCCO. The molecular formula is C30H41NO2. The zero-order valence-corrected chi connectivity index (χ0v) is 21.1. The second-order valence-electron chi connectivity index (χ2n) is 9.63. The summed E-state index contributed by atoms with van der Waals surface area (Å²) in [6.45, 7) is 11.3. The van der Waals surface area contributed by atoms with Crippen molar-refractivity contribution in [3.63, 3.8) is 0 Å². The molecule has 0 spiro atoms. The number of aliphatic hydroxyl groups excluding tert-OH is 1. The highest BCUT2D eigenvalue weighted by Gasteiger charge is 2.35. The minimum Gasteiger partial charge on any atom is -0.482 e. The van der Waals surface area contributed by atoms with Gasteiger partial charge in [0.2, 0.25) is 0 Å². The van der Waals surface area contributed by atoms with Crippen LogP contribution in [0, 0.1) is 0 Å². The third-order valence-corrected chi connectivity index (χ3v) is 6.76. The van der Waals surface area contributed by atoms with E-state index < -0.39 is 0 Å². The third-order valence-electron chi connectivity index (χ3n) is 6.76. The molecule has 0 fully saturated rings. The molecule has 33 heavy (non-hydrogen) atoms. The summed E-state index contributed by atoms with van der Waals surface area (Å²) in [5, 5.41) is 7.88. The van der Waals surface area contributed by atoms with Crippen LogP contribution in [0.15, 0.2) is 66.8 Å². The maximum absolute atomic E-state index is 7.88. The topological polar surface area (TPSA) is 32.7 Å². The molecule has 1 aliphatic carbocycles. The molecule has 0 radical (unpaired) electrons. The molecule has 2 atom stereocenters. The minimum absolute atomic E-state index is 0.0345. The molecular weight excluding hydrogens is 406 g/mol. The van der Waals surface area contributed by atoms with Crippen molar-refractivity contribution in [1.82, 2.24) is 0 Å². The highest BCUT2D eigenvalue weighted by molar-refractivity contribution is 5.74. The number of anilines is 2. The van der Waals surface area contributed by atoms with Crippen LogP contribution in [-0.2, 0) is 11.8 Å². The van der Waals surface area contributed by atoms with Crippen LogP contribution in [0.2, 0.25) is 0 Å². The van der Waals surface area contributed by atoms with Gasteiger partial charge in [0.1, 0.15) is 11.9 Å². The number of hydrogen-bond donors (Lipinski definition) is 1. The van der Waals surface area contributed by atoms with Crippen molar-refractivity contribution < 1.29 is 9.84 Å². The Morgan fingerprint density at radius 2 is 1.64 bits per heavy atom. The largest absolute Gasteiger partial charge is 0.482 e. The molecule has 4 rings (SSSR count). The number of unbranched alkanes of at least 4 members (excludes halogenated alkanes) is 1. The van der Waals surface area contributed by atoms with Crippen molar-refractivity contribution in [3.8, 4) is 5.75 Å². The summed E-state index contributed by atoms with van der Waals surface area (Å²) in [4.78, 5) is 2.44. The molecule has 0 aromatic heterocycles. The molecule has 2 unspecified atom stereocenters. The summed E-state index contributed by atoms with van der Waals surface area (Å²) in [6.07, 6.45) is 14.3. The van der Waals surface area contributed by atoms with Crippen molar-refractivity contribution in [2.24, 2.45) is 0 Å². The van der Waals surface area contributed by atoms with Gasteiger partial charge in [0.15, 0.2) is 0 Å². The number of aryl methyl sites for hydroxylation is 1. The van der Waals surface area contributed by atoms with Gasteiger partial charge in [0.05, 0.1) is 11.7 Å². The first kappa shape index (κ1) is 25.1.